The second kappa shape index (κ2) is 14.1. The fourth-order valence-electron chi connectivity index (χ4n) is 4.82. The molecule has 1 heterocycles. The molecule has 1 amide bonds. The minimum Gasteiger partial charge on any atom is -0.489 e. The third-order valence-electron chi connectivity index (χ3n) is 7.07. The summed E-state index contributed by atoms with van der Waals surface area (Å²) < 4.78 is 37.9. The molecule has 3 aromatic rings. The van der Waals surface area contributed by atoms with Gasteiger partial charge in [0.1, 0.15) is 18.4 Å². The lowest BCUT2D eigenvalue weighted by Gasteiger charge is -2.31. The Balaban J connectivity index is 1.25. The van der Waals surface area contributed by atoms with Crippen molar-refractivity contribution in [3.8, 4) is 5.75 Å². The molecular weight excluding hydrogens is 528 g/mol. The van der Waals surface area contributed by atoms with Crippen molar-refractivity contribution in [2.45, 2.75) is 44.1 Å². The molecule has 0 aromatic heterocycles. The molecular formula is C31H36N2O6S. The average molecular weight is 565 g/mol. The van der Waals surface area contributed by atoms with E-state index in [-0.39, 0.29) is 30.4 Å². The fraction of sp³-hybridized carbons (Fsp3) is 0.355. The number of ether oxygens (including phenoxy) is 2. The summed E-state index contributed by atoms with van der Waals surface area (Å²) in [6, 6.07) is 25.6. The monoisotopic (exact) mass is 564 g/mol. The molecule has 1 N–H and O–H groups in total. The first-order valence-corrected chi connectivity index (χ1v) is 15.1. The van der Waals surface area contributed by atoms with Gasteiger partial charge in [-0.05, 0) is 47.6 Å². The maximum absolute atomic E-state index is 12.9. The number of rotatable bonds is 12. The number of carbonyl (C=O) groups excluding carboxylic acids is 2. The summed E-state index contributed by atoms with van der Waals surface area (Å²) in [5, 5.41) is 2.82. The number of sulfonamides is 1. The summed E-state index contributed by atoms with van der Waals surface area (Å²) in [7, 11) is -2.12. The van der Waals surface area contributed by atoms with Gasteiger partial charge in [-0.2, -0.15) is 0 Å². The van der Waals surface area contributed by atoms with Gasteiger partial charge in [-0.25, -0.2) is 17.5 Å². The van der Waals surface area contributed by atoms with E-state index in [1.807, 2.05) is 72.8 Å². The first-order chi connectivity index (χ1) is 19.3. The van der Waals surface area contributed by atoms with Crippen LogP contribution in [0.1, 0.15) is 36.0 Å². The topological polar surface area (TPSA) is 102 Å². The van der Waals surface area contributed by atoms with Crippen LogP contribution in [0.25, 0.3) is 0 Å². The van der Waals surface area contributed by atoms with E-state index in [0.29, 0.717) is 38.3 Å². The van der Waals surface area contributed by atoms with Gasteiger partial charge in [0.05, 0.1) is 12.9 Å². The fourth-order valence-corrected chi connectivity index (χ4v) is 6.38. The largest absolute Gasteiger partial charge is 0.489 e. The molecule has 1 aliphatic rings. The summed E-state index contributed by atoms with van der Waals surface area (Å²) in [6.45, 7) is 1.22. The van der Waals surface area contributed by atoms with Crippen molar-refractivity contribution >= 4 is 21.9 Å². The highest BCUT2D eigenvalue weighted by Gasteiger charge is 2.30. The van der Waals surface area contributed by atoms with Crippen LogP contribution in [0.3, 0.4) is 0 Å². The number of benzene rings is 3. The Kier molecular flexibility index (Phi) is 10.3. The zero-order valence-electron chi connectivity index (χ0n) is 22.7. The Morgan fingerprint density at radius 1 is 0.875 bits per heavy atom. The quantitative estimate of drug-likeness (QED) is 0.333. The molecule has 40 heavy (non-hydrogen) atoms. The number of amides is 1. The van der Waals surface area contributed by atoms with Crippen LogP contribution in [0.4, 0.5) is 0 Å². The number of nitrogens with one attached hydrogen (secondary N) is 1. The van der Waals surface area contributed by atoms with E-state index in [4.69, 9.17) is 9.47 Å². The van der Waals surface area contributed by atoms with Crippen LogP contribution in [0.2, 0.25) is 0 Å². The molecule has 1 saturated heterocycles. The molecule has 1 aliphatic heterocycles. The van der Waals surface area contributed by atoms with Crippen molar-refractivity contribution in [3.63, 3.8) is 0 Å². The molecule has 0 unspecified atom stereocenters. The zero-order chi connectivity index (χ0) is 28.4. The van der Waals surface area contributed by atoms with Crippen LogP contribution >= 0.6 is 0 Å². The summed E-state index contributed by atoms with van der Waals surface area (Å²) in [5.41, 5.74) is 2.69. The lowest BCUT2D eigenvalue weighted by Crippen LogP contribution is -2.44. The molecule has 1 fully saturated rings. The van der Waals surface area contributed by atoms with Crippen molar-refractivity contribution in [1.82, 2.24) is 9.62 Å². The van der Waals surface area contributed by atoms with Crippen LogP contribution in [0.15, 0.2) is 84.9 Å². The Morgan fingerprint density at radius 3 is 2.08 bits per heavy atom. The van der Waals surface area contributed by atoms with Gasteiger partial charge >= 0.3 is 5.97 Å². The second-order valence-electron chi connectivity index (χ2n) is 10.1. The van der Waals surface area contributed by atoms with Crippen molar-refractivity contribution in [2.24, 2.45) is 5.92 Å². The normalized spacial score (nSPS) is 15.2. The summed E-state index contributed by atoms with van der Waals surface area (Å²) >= 11 is 0. The molecule has 0 bridgehead atoms. The van der Waals surface area contributed by atoms with Gasteiger partial charge in [0.2, 0.25) is 15.9 Å². The summed E-state index contributed by atoms with van der Waals surface area (Å²) in [6.07, 6.45) is 1.70. The van der Waals surface area contributed by atoms with Crippen LogP contribution in [-0.2, 0) is 43.1 Å². The number of carbonyl (C=O) groups is 2. The van der Waals surface area contributed by atoms with Gasteiger partial charge in [0.15, 0.2) is 0 Å². The number of hydrogen-bond donors (Lipinski definition) is 1. The van der Waals surface area contributed by atoms with E-state index in [2.05, 4.69) is 5.32 Å². The highest BCUT2D eigenvalue weighted by atomic mass is 32.2. The van der Waals surface area contributed by atoms with Crippen LogP contribution in [0, 0.1) is 5.92 Å². The molecule has 8 nitrogen and oxygen atoms in total. The smallest absolute Gasteiger partial charge is 0.328 e. The predicted molar refractivity (Wildman–Crippen MR) is 153 cm³/mol. The molecule has 212 valence electrons. The van der Waals surface area contributed by atoms with E-state index in [1.54, 1.807) is 12.1 Å². The minimum absolute atomic E-state index is 0.0278. The predicted octanol–water partition coefficient (Wildman–Crippen LogP) is 4.10. The van der Waals surface area contributed by atoms with Crippen molar-refractivity contribution in [2.75, 3.05) is 20.2 Å². The van der Waals surface area contributed by atoms with E-state index in [0.717, 1.165) is 16.7 Å². The van der Waals surface area contributed by atoms with Crippen molar-refractivity contribution < 1.29 is 27.5 Å². The SMILES string of the molecule is COC(=O)[C@H](Cc1ccc(OCc2ccccc2)cc1)NC(=O)CC1CCN(S(=O)(=O)Cc2ccccc2)CC1. The molecule has 1 atom stereocenters. The van der Waals surface area contributed by atoms with Gasteiger partial charge in [0.25, 0.3) is 0 Å². The van der Waals surface area contributed by atoms with Crippen LogP contribution in [-0.4, -0.2) is 50.8 Å². The van der Waals surface area contributed by atoms with Gasteiger partial charge in [0, 0.05) is 25.9 Å². The maximum atomic E-state index is 12.9. The third kappa shape index (κ3) is 8.66. The summed E-state index contributed by atoms with van der Waals surface area (Å²) in [5.74, 6) is -0.0331. The molecule has 0 saturated carbocycles. The van der Waals surface area contributed by atoms with Crippen LogP contribution < -0.4 is 10.1 Å². The van der Waals surface area contributed by atoms with Crippen LogP contribution in [0.5, 0.6) is 5.75 Å². The molecule has 3 aromatic carbocycles. The Morgan fingerprint density at radius 2 is 1.48 bits per heavy atom. The maximum Gasteiger partial charge on any atom is 0.328 e. The highest BCUT2D eigenvalue weighted by molar-refractivity contribution is 7.88. The lowest BCUT2D eigenvalue weighted by molar-refractivity contribution is -0.145. The second-order valence-corrected chi connectivity index (χ2v) is 12.0. The van der Waals surface area contributed by atoms with E-state index < -0.39 is 22.0 Å². The minimum atomic E-state index is -3.41. The summed E-state index contributed by atoms with van der Waals surface area (Å²) in [4.78, 5) is 25.3. The van der Waals surface area contributed by atoms with E-state index in [1.165, 1.54) is 11.4 Å². The van der Waals surface area contributed by atoms with Gasteiger partial charge in [-0.1, -0.05) is 72.8 Å². The Hall–Kier alpha value is -3.69. The molecule has 9 heteroatoms. The molecule has 4 rings (SSSR count). The number of piperidine rings is 1. The zero-order valence-corrected chi connectivity index (χ0v) is 23.5. The Bertz CT molecular complexity index is 1340. The average Bonchev–Trinajstić information content (AvgIpc) is 2.97. The van der Waals surface area contributed by atoms with Crippen molar-refractivity contribution in [3.05, 3.63) is 102 Å². The van der Waals surface area contributed by atoms with E-state index in [9.17, 15) is 18.0 Å². The first kappa shape index (κ1) is 29.3. The standard InChI is InChI=1S/C31H36N2O6S/c1-38-31(35)29(20-24-12-14-28(15-13-24)39-22-26-8-4-2-5-9-26)32-30(34)21-25-16-18-33(19-17-25)40(36,37)23-27-10-6-3-7-11-27/h2-15,25,29H,16-23H2,1H3,(H,32,34)/t29-/m0/s1. The van der Waals surface area contributed by atoms with Gasteiger partial charge in [-0.3, -0.25) is 4.79 Å². The van der Waals surface area contributed by atoms with Gasteiger partial charge < -0.3 is 14.8 Å². The number of hydrogen-bond acceptors (Lipinski definition) is 6. The van der Waals surface area contributed by atoms with Gasteiger partial charge in [-0.15, -0.1) is 0 Å². The lowest BCUT2D eigenvalue weighted by atomic mass is 9.94. The molecule has 0 radical (unpaired) electrons. The highest BCUT2D eigenvalue weighted by Crippen LogP contribution is 2.24. The Labute approximate surface area is 236 Å². The molecule has 0 aliphatic carbocycles. The van der Waals surface area contributed by atoms with E-state index >= 15 is 0 Å². The number of esters is 1. The van der Waals surface area contributed by atoms with Crippen molar-refractivity contribution in [1.29, 1.82) is 0 Å². The molecule has 0 spiro atoms. The third-order valence-corrected chi connectivity index (χ3v) is 8.92. The number of methoxy groups -OCH3 is 1. The first-order valence-electron chi connectivity index (χ1n) is 13.5. The number of nitrogens with zero attached hydrogens (tertiary/aromatic N) is 1.